The lowest BCUT2D eigenvalue weighted by Gasteiger charge is -2.18. The molecule has 2 rings (SSSR count). The average Bonchev–Trinajstić information content (AvgIpc) is 2.76. The van der Waals surface area contributed by atoms with Crippen LogP contribution >= 0.6 is 0 Å². The van der Waals surface area contributed by atoms with E-state index in [9.17, 15) is 4.79 Å². The molecule has 0 aliphatic carbocycles. The number of methoxy groups -OCH3 is 1. The first-order valence-electron chi connectivity index (χ1n) is 10.4. The van der Waals surface area contributed by atoms with Crippen molar-refractivity contribution in [3.63, 3.8) is 0 Å². The summed E-state index contributed by atoms with van der Waals surface area (Å²) in [5.41, 5.74) is 4.53. The van der Waals surface area contributed by atoms with Crippen LogP contribution in [0.5, 0.6) is 0 Å². The van der Waals surface area contributed by atoms with Gasteiger partial charge in [0.15, 0.2) is 0 Å². The summed E-state index contributed by atoms with van der Waals surface area (Å²) in [4.78, 5) is 19.6. The van der Waals surface area contributed by atoms with Crippen molar-refractivity contribution < 1.29 is 9.53 Å². The van der Waals surface area contributed by atoms with Gasteiger partial charge in [-0.15, -0.1) is 0 Å². The van der Waals surface area contributed by atoms with E-state index in [1.54, 1.807) is 13.3 Å². The Morgan fingerprint density at radius 3 is 2.53 bits per heavy atom. The Labute approximate surface area is 180 Å². The molecular weight excluding hydrogens is 374 g/mol. The maximum Gasteiger partial charge on any atom is 0.251 e. The Kier molecular flexibility index (Phi) is 9.29. The molecule has 2 aromatic rings. The molecule has 0 bridgehead atoms. The van der Waals surface area contributed by atoms with Crippen LogP contribution in [0.4, 0.5) is 11.5 Å². The minimum absolute atomic E-state index is 0.0969. The lowest BCUT2D eigenvalue weighted by Crippen LogP contribution is -2.23. The largest absolute Gasteiger partial charge is 0.383 e. The molecule has 0 unspecified atom stereocenters. The number of aromatic nitrogens is 1. The van der Waals surface area contributed by atoms with E-state index < -0.39 is 0 Å². The molecule has 0 aliphatic rings. The van der Waals surface area contributed by atoms with Crippen LogP contribution in [0.3, 0.4) is 0 Å². The van der Waals surface area contributed by atoms with Crippen molar-refractivity contribution in [3.05, 3.63) is 72.0 Å². The highest BCUT2D eigenvalue weighted by atomic mass is 16.5. The van der Waals surface area contributed by atoms with Gasteiger partial charge in [0.05, 0.1) is 18.5 Å². The van der Waals surface area contributed by atoms with Crippen LogP contribution in [-0.2, 0) is 9.53 Å². The second-order valence-corrected chi connectivity index (χ2v) is 7.43. The molecule has 1 aromatic carbocycles. The third kappa shape index (κ3) is 6.85. The van der Waals surface area contributed by atoms with Crippen molar-refractivity contribution in [1.29, 1.82) is 0 Å². The molecule has 1 heterocycles. The Morgan fingerprint density at radius 1 is 1.20 bits per heavy atom. The van der Waals surface area contributed by atoms with Crippen molar-refractivity contribution >= 4 is 23.0 Å². The van der Waals surface area contributed by atoms with Gasteiger partial charge in [-0.1, -0.05) is 55.8 Å². The third-order valence-electron chi connectivity index (χ3n) is 5.01. The number of allylic oxidation sites excluding steroid dienone is 2. The number of ether oxygens (including phenoxy) is 1. The Morgan fingerprint density at radius 2 is 1.93 bits per heavy atom. The summed E-state index contributed by atoms with van der Waals surface area (Å²) in [5, 5.41) is 3.00. The molecule has 1 N–H and O–H groups in total. The van der Waals surface area contributed by atoms with Gasteiger partial charge in [-0.2, -0.15) is 0 Å². The number of anilines is 2. The molecule has 5 heteroatoms. The van der Waals surface area contributed by atoms with Crippen LogP contribution < -0.4 is 10.2 Å². The Bertz CT molecular complexity index is 858. The number of hydrogen-bond donors (Lipinski definition) is 1. The van der Waals surface area contributed by atoms with Crippen LogP contribution in [0, 0.1) is 0 Å². The summed E-state index contributed by atoms with van der Waals surface area (Å²) in [6.07, 6.45) is 4.08. The van der Waals surface area contributed by atoms with Crippen molar-refractivity contribution in [2.75, 3.05) is 37.5 Å². The van der Waals surface area contributed by atoms with E-state index in [0.29, 0.717) is 18.7 Å². The van der Waals surface area contributed by atoms with Crippen LogP contribution in [0.1, 0.15) is 38.7 Å². The van der Waals surface area contributed by atoms with Gasteiger partial charge in [0.2, 0.25) is 0 Å². The number of likely N-dealkylation sites (N-methyl/N-ethyl adjacent to an activating group) is 1. The average molecular weight is 408 g/mol. The number of amides is 1. The molecule has 5 nitrogen and oxygen atoms in total. The number of rotatable bonds is 11. The van der Waals surface area contributed by atoms with Crippen LogP contribution in [0.2, 0.25) is 0 Å². The number of nitrogens with zero attached hydrogens (tertiary/aromatic N) is 2. The zero-order valence-corrected chi connectivity index (χ0v) is 18.6. The molecule has 1 amide bonds. The fourth-order valence-electron chi connectivity index (χ4n) is 3.18. The van der Waals surface area contributed by atoms with E-state index >= 15 is 0 Å². The molecular formula is C25H33N3O2. The third-order valence-corrected chi connectivity index (χ3v) is 5.01. The van der Waals surface area contributed by atoms with E-state index in [2.05, 4.69) is 23.8 Å². The molecule has 0 spiro atoms. The van der Waals surface area contributed by atoms with E-state index in [1.165, 1.54) is 0 Å². The minimum Gasteiger partial charge on any atom is -0.383 e. The molecule has 0 saturated heterocycles. The first-order chi connectivity index (χ1) is 14.5. The van der Waals surface area contributed by atoms with Crippen molar-refractivity contribution in [2.24, 2.45) is 0 Å². The normalized spacial score (nSPS) is 11.6. The molecule has 0 atom stereocenters. The lowest BCUT2D eigenvalue weighted by molar-refractivity contribution is -0.113. The maximum atomic E-state index is 13.1. The van der Waals surface area contributed by atoms with Gasteiger partial charge in [0.25, 0.3) is 5.91 Å². The van der Waals surface area contributed by atoms with E-state index in [-0.39, 0.29) is 5.91 Å². The Hall–Kier alpha value is -2.92. The highest BCUT2D eigenvalue weighted by Gasteiger charge is 2.16. The maximum absolute atomic E-state index is 13.1. The molecule has 0 saturated carbocycles. The SMILES string of the molecule is C=C(C/C(C(=O)Nc1ccc(N(C)CCOC)nc1)=C(\C)CCC)c1ccccc1. The molecule has 0 aliphatic heterocycles. The zero-order chi connectivity index (χ0) is 21.9. The van der Waals surface area contributed by atoms with Gasteiger partial charge in [-0.05, 0) is 36.6 Å². The first kappa shape index (κ1) is 23.4. The van der Waals surface area contributed by atoms with Gasteiger partial charge in [0, 0.05) is 32.7 Å². The summed E-state index contributed by atoms with van der Waals surface area (Å²) < 4.78 is 5.10. The predicted octanol–water partition coefficient (Wildman–Crippen LogP) is 5.32. The number of pyridine rings is 1. The summed E-state index contributed by atoms with van der Waals surface area (Å²) >= 11 is 0. The number of carbonyl (C=O) groups excluding carboxylic acids is 1. The van der Waals surface area contributed by atoms with Crippen molar-refractivity contribution in [1.82, 2.24) is 4.98 Å². The standard InChI is InChI=1S/C25H33N3O2/c1-6-10-19(2)23(17-20(3)21-11-8-7-9-12-21)25(29)27-22-13-14-24(26-18-22)28(4)15-16-30-5/h7-9,11-14,18H,3,6,10,15-17H2,1-2,4-5H3,(H,27,29)/b23-19-. The second-order valence-electron chi connectivity index (χ2n) is 7.43. The number of hydrogen-bond acceptors (Lipinski definition) is 4. The summed E-state index contributed by atoms with van der Waals surface area (Å²) in [7, 11) is 3.64. The fourth-order valence-corrected chi connectivity index (χ4v) is 3.18. The minimum atomic E-state index is -0.0969. The highest BCUT2D eigenvalue weighted by molar-refractivity contribution is 6.05. The number of nitrogens with one attached hydrogen (secondary N) is 1. The highest BCUT2D eigenvalue weighted by Crippen LogP contribution is 2.25. The second kappa shape index (κ2) is 11.9. The van der Waals surface area contributed by atoms with Gasteiger partial charge in [-0.3, -0.25) is 4.79 Å². The van der Waals surface area contributed by atoms with Crippen molar-refractivity contribution in [3.8, 4) is 0 Å². The van der Waals surface area contributed by atoms with Crippen LogP contribution in [0.25, 0.3) is 5.57 Å². The number of carbonyl (C=O) groups is 1. The fraction of sp³-hybridized carbons (Fsp3) is 0.360. The van der Waals surface area contributed by atoms with Crippen LogP contribution in [-0.4, -0.2) is 38.2 Å². The zero-order valence-electron chi connectivity index (χ0n) is 18.6. The van der Waals surface area contributed by atoms with Gasteiger partial charge >= 0.3 is 0 Å². The monoisotopic (exact) mass is 407 g/mol. The smallest absolute Gasteiger partial charge is 0.251 e. The topological polar surface area (TPSA) is 54.5 Å². The summed E-state index contributed by atoms with van der Waals surface area (Å²) in [5.74, 6) is 0.737. The quantitative estimate of drug-likeness (QED) is 0.512. The van der Waals surface area contributed by atoms with E-state index in [4.69, 9.17) is 4.74 Å². The van der Waals surface area contributed by atoms with E-state index in [0.717, 1.165) is 47.5 Å². The lowest BCUT2D eigenvalue weighted by atomic mass is 9.94. The number of benzene rings is 1. The first-order valence-corrected chi connectivity index (χ1v) is 10.4. The molecule has 1 aromatic heterocycles. The summed E-state index contributed by atoms with van der Waals surface area (Å²) in [6, 6.07) is 13.8. The van der Waals surface area contributed by atoms with Gasteiger partial charge in [-0.25, -0.2) is 4.98 Å². The Balaban J connectivity index is 2.13. The van der Waals surface area contributed by atoms with Crippen LogP contribution in [0.15, 0.2) is 66.4 Å². The predicted molar refractivity (Wildman–Crippen MR) is 126 cm³/mol. The van der Waals surface area contributed by atoms with Crippen molar-refractivity contribution in [2.45, 2.75) is 33.1 Å². The summed E-state index contributed by atoms with van der Waals surface area (Å²) in [6.45, 7) is 9.74. The van der Waals surface area contributed by atoms with E-state index in [1.807, 2.05) is 61.3 Å². The molecule has 160 valence electrons. The molecule has 30 heavy (non-hydrogen) atoms. The molecule has 0 fully saturated rings. The van der Waals surface area contributed by atoms with Gasteiger partial charge < -0.3 is 15.0 Å². The van der Waals surface area contributed by atoms with Gasteiger partial charge in [0.1, 0.15) is 5.82 Å². The molecule has 0 radical (unpaired) electrons.